The van der Waals surface area contributed by atoms with Crippen LogP contribution in [-0.4, -0.2) is 30.4 Å². The first-order valence-corrected chi connectivity index (χ1v) is 7.84. The quantitative estimate of drug-likeness (QED) is 0.592. The highest BCUT2D eigenvalue weighted by molar-refractivity contribution is 7.81. The molecule has 0 saturated heterocycles. The van der Waals surface area contributed by atoms with Crippen LogP contribution in [0.3, 0.4) is 0 Å². The third kappa shape index (κ3) is 2.55. The summed E-state index contributed by atoms with van der Waals surface area (Å²) in [5, 5.41) is 2.82. The number of thiol groups is 1. The molecule has 0 unspecified atom stereocenters. The molecule has 4 bridgehead atoms. The van der Waals surface area contributed by atoms with E-state index in [0.717, 1.165) is 17.8 Å². The summed E-state index contributed by atoms with van der Waals surface area (Å²) in [4.78, 5) is 11.1. The molecule has 1 N–H and O–H groups in total. The molecule has 4 fully saturated rings. The summed E-state index contributed by atoms with van der Waals surface area (Å²) in [6, 6.07) is 0. The molecule has 4 aliphatic rings. The summed E-state index contributed by atoms with van der Waals surface area (Å²) in [5.74, 6) is 3.01. The number of carbonyl (C=O) groups excluding carboxylic acids is 1. The molecule has 0 heterocycles. The van der Waals surface area contributed by atoms with Crippen LogP contribution < -0.4 is 5.32 Å². The van der Waals surface area contributed by atoms with E-state index in [1.54, 1.807) is 0 Å². The second kappa shape index (κ2) is 5.04. The summed E-state index contributed by atoms with van der Waals surface area (Å²) < 4.78 is 6.20. The summed E-state index contributed by atoms with van der Waals surface area (Å²) in [6.07, 6.45) is 8.12. The van der Waals surface area contributed by atoms with Crippen LogP contribution in [0.2, 0.25) is 0 Å². The Labute approximate surface area is 114 Å². The lowest BCUT2D eigenvalue weighted by atomic mass is 9.54. The zero-order chi connectivity index (χ0) is 12.6. The van der Waals surface area contributed by atoms with E-state index < -0.39 is 0 Å². The highest BCUT2D eigenvalue weighted by Crippen LogP contribution is 2.56. The Morgan fingerprint density at radius 3 is 2.22 bits per heavy atom. The fourth-order valence-corrected chi connectivity index (χ4v) is 4.83. The molecule has 0 aliphatic heterocycles. The first-order valence-electron chi connectivity index (χ1n) is 7.21. The van der Waals surface area contributed by atoms with Gasteiger partial charge in [0.2, 0.25) is 5.91 Å². The first kappa shape index (κ1) is 12.8. The van der Waals surface area contributed by atoms with Crippen LogP contribution in [0.5, 0.6) is 0 Å². The van der Waals surface area contributed by atoms with Crippen molar-refractivity contribution in [3.05, 3.63) is 0 Å². The van der Waals surface area contributed by atoms with Gasteiger partial charge in [0.05, 0.1) is 18.0 Å². The number of hydrogen-bond donors (Lipinski definition) is 2. The van der Waals surface area contributed by atoms with Gasteiger partial charge in [0, 0.05) is 6.54 Å². The van der Waals surface area contributed by atoms with Crippen molar-refractivity contribution in [3.63, 3.8) is 0 Å². The lowest BCUT2D eigenvalue weighted by Crippen LogP contribution is -2.52. The van der Waals surface area contributed by atoms with Gasteiger partial charge >= 0.3 is 0 Å². The van der Waals surface area contributed by atoms with Gasteiger partial charge in [-0.1, -0.05) is 0 Å². The molecule has 0 aromatic heterocycles. The zero-order valence-electron chi connectivity index (χ0n) is 10.9. The number of amides is 1. The molecule has 3 nitrogen and oxygen atoms in total. The fraction of sp³-hybridized carbons (Fsp3) is 0.929. The first-order chi connectivity index (χ1) is 8.69. The number of hydrogen-bond acceptors (Lipinski definition) is 3. The van der Waals surface area contributed by atoms with Crippen LogP contribution in [-0.2, 0) is 9.53 Å². The van der Waals surface area contributed by atoms with E-state index in [2.05, 4.69) is 17.9 Å². The molecule has 0 aromatic rings. The van der Waals surface area contributed by atoms with Crippen molar-refractivity contribution >= 4 is 18.5 Å². The van der Waals surface area contributed by atoms with Crippen LogP contribution in [0, 0.1) is 17.8 Å². The van der Waals surface area contributed by atoms with Crippen LogP contribution in [0.25, 0.3) is 0 Å². The molecule has 4 rings (SSSR count). The lowest BCUT2D eigenvalue weighted by Gasteiger charge is -2.56. The Kier molecular flexibility index (Phi) is 3.59. The molecule has 0 radical (unpaired) electrons. The van der Waals surface area contributed by atoms with E-state index in [9.17, 15) is 4.79 Å². The van der Waals surface area contributed by atoms with Crippen molar-refractivity contribution in [1.82, 2.24) is 5.32 Å². The van der Waals surface area contributed by atoms with E-state index in [1.165, 1.54) is 38.5 Å². The second-order valence-corrected chi connectivity index (χ2v) is 6.77. The molecule has 102 valence electrons. The largest absolute Gasteiger partial charge is 0.373 e. The van der Waals surface area contributed by atoms with Crippen LogP contribution in [0.4, 0.5) is 0 Å². The topological polar surface area (TPSA) is 38.3 Å². The van der Waals surface area contributed by atoms with Crippen LogP contribution in [0.15, 0.2) is 0 Å². The molecule has 4 saturated carbocycles. The molecule has 18 heavy (non-hydrogen) atoms. The maximum absolute atomic E-state index is 11.1. The average Bonchev–Trinajstić information content (AvgIpc) is 2.32. The van der Waals surface area contributed by atoms with Gasteiger partial charge in [0.15, 0.2) is 0 Å². The average molecular weight is 269 g/mol. The summed E-state index contributed by atoms with van der Waals surface area (Å²) in [5.41, 5.74) is 0.167. The van der Waals surface area contributed by atoms with Crippen molar-refractivity contribution in [3.8, 4) is 0 Å². The number of ether oxygens (including phenoxy) is 1. The van der Waals surface area contributed by atoms with E-state index in [4.69, 9.17) is 4.74 Å². The molecule has 0 aromatic carbocycles. The Morgan fingerprint density at radius 1 is 1.17 bits per heavy atom. The van der Waals surface area contributed by atoms with E-state index >= 15 is 0 Å². The SMILES string of the molecule is O=C(CS)NCCOC12CC3CC(CC(C3)C1)C2. The van der Waals surface area contributed by atoms with Crippen molar-refractivity contribution in [2.24, 2.45) is 17.8 Å². The molecule has 0 atom stereocenters. The Morgan fingerprint density at radius 2 is 1.72 bits per heavy atom. The highest BCUT2D eigenvalue weighted by atomic mass is 32.1. The van der Waals surface area contributed by atoms with Crippen molar-refractivity contribution in [2.45, 2.75) is 44.1 Å². The maximum Gasteiger partial charge on any atom is 0.229 e. The van der Waals surface area contributed by atoms with Crippen molar-refractivity contribution < 1.29 is 9.53 Å². The highest BCUT2D eigenvalue weighted by Gasteiger charge is 2.51. The normalized spacial score (nSPS) is 41.1. The van der Waals surface area contributed by atoms with Gasteiger partial charge in [-0.25, -0.2) is 0 Å². The Bertz CT molecular complexity index is 296. The standard InChI is InChI=1S/C14H23NO2S/c16-13(9-18)15-1-2-17-14-6-10-3-11(7-14)5-12(4-10)8-14/h10-12,18H,1-9H2,(H,15,16). The number of nitrogens with one attached hydrogen (secondary N) is 1. The van der Waals surface area contributed by atoms with E-state index in [0.29, 0.717) is 13.2 Å². The molecule has 0 spiro atoms. The van der Waals surface area contributed by atoms with Crippen LogP contribution >= 0.6 is 12.6 Å². The molecule has 1 amide bonds. The van der Waals surface area contributed by atoms with Crippen LogP contribution in [0.1, 0.15) is 38.5 Å². The molecular weight excluding hydrogens is 246 g/mol. The van der Waals surface area contributed by atoms with Gasteiger partial charge in [-0.3, -0.25) is 4.79 Å². The number of carbonyl (C=O) groups is 1. The van der Waals surface area contributed by atoms with Gasteiger partial charge in [-0.05, 0) is 56.3 Å². The maximum atomic E-state index is 11.1. The predicted molar refractivity (Wildman–Crippen MR) is 73.7 cm³/mol. The van der Waals surface area contributed by atoms with Gasteiger partial charge in [-0.15, -0.1) is 0 Å². The number of rotatable bonds is 5. The molecule has 4 aliphatic carbocycles. The van der Waals surface area contributed by atoms with Crippen molar-refractivity contribution in [1.29, 1.82) is 0 Å². The smallest absolute Gasteiger partial charge is 0.229 e. The van der Waals surface area contributed by atoms with E-state index in [1.807, 2.05) is 0 Å². The fourth-order valence-electron chi connectivity index (χ4n) is 4.72. The summed E-state index contributed by atoms with van der Waals surface area (Å²) in [7, 11) is 0. The lowest BCUT2D eigenvalue weighted by molar-refractivity contribution is -0.161. The minimum Gasteiger partial charge on any atom is -0.373 e. The predicted octanol–water partition coefficient (Wildman–Crippen LogP) is 2.02. The Hall–Kier alpha value is -0.220. The van der Waals surface area contributed by atoms with Gasteiger partial charge < -0.3 is 10.1 Å². The molecule has 4 heteroatoms. The van der Waals surface area contributed by atoms with Gasteiger partial charge in [-0.2, -0.15) is 12.6 Å². The van der Waals surface area contributed by atoms with E-state index in [-0.39, 0.29) is 17.3 Å². The van der Waals surface area contributed by atoms with Crippen molar-refractivity contribution in [2.75, 3.05) is 18.9 Å². The van der Waals surface area contributed by atoms with Gasteiger partial charge in [0.25, 0.3) is 0 Å². The monoisotopic (exact) mass is 269 g/mol. The summed E-state index contributed by atoms with van der Waals surface area (Å²) >= 11 is 3.94. The molecular formula is C14H23NO2S. The third-order valence-corrected chi connectivity index (χ3v) is 5.25. The zero-order valence-corrected chi connectivity index (χ0v) is 11.8. The summed E-state index contributed by atoms with van der Waals surface area (Å²) in [6.45, 7) is 1.28. The third-order valence-electron chi connectivity index (χ3n) is 4.96. The Balaban J connectivity index is 1.49. The minimum atomic E-state index is -0.00699. The van der Waals surface area contributed by atoms with Gasteiger partial charge in [0.1, 0.15) is 0 Å². The second-order valence-electron chi connectivity index (χ2n) is 6.46. The minimum absolute atomic E-state index is 0.00699.